The van der Waals surface area contributed by atoms with Crippen molar-refractivity contribution < 1.29 is 8.42 Å². The Morgan fingerprint density at radius 1 is 0.967 bits per heavy atom. The van der Waals surface area contributed by atoms with Crippen LogP contribution in [-0.2, 0) is 10.0 Å². The molecular weight excluding hydrogens is 400 g/mol. The summed E-state index contributed by atoms with van der Waals surface area (Å²) in [7, 11) is -3.60. The van der Waals surface area contributed by atoms with E-state index >= 15 is 0 Å². The molecule has 30 heavy (non-hydrogen) atoms. The third-order valence-electron chi connectivity index (χ3n) is 4.65. The minimum atomic E-state index is -3.60. The molecule has 0 bridgehead atoms. The SMILES string of the molecule is Cc1nc(NCCNS(=O)(=O)c2ccc3ccccc3c2)cc(-n2ccnc2C)n1. The Labute approximate surface area is 175 Å². The van der Waals surface area contributed by atoms with Crippen LogP contribution in [0.25, 0.3) is 16.6 Å². The molecule has 0 aliphatic rings. The second-order valence-corrected chi connectivity index (χ2v) is 8.60. The summed E-state index contributed by atoms with van der Waals surface area (Å²) in [6.07, 6.45) is 3.54. The molecule has 0 spiro atoms. The van der Waals surface area contributed by atoms with Gasteiger partial charge in [-0.25, -0.2) is 28.1 Å². The van der Waals surface area contributed by atoms with E-state index in [4.69, 9.17) is 0 Å². The van der Waals surface area contributed by atoms with Crippen molar-refractivity contribution in [3.05, 3.63) is 72.6 Å². The standard InChI is InChI=1S/C21H22N6O2S/c1-15-25-20(14-21(26-15)27-12-11-22-16(27)2)23-9-10-24-30(28,29)19-8-7-17-5-3-4-6-18(17)13-19/h3-8,11-14,24H,9-10H2,1-2H3,(H,23,25,26). The lowest BCUT2D eigenvalue weighted by Crippen LogP contribution is -2.29. The van der Waals surface area contributed by atoms with E-state index in [1.54, 1.807) is 24.4 Å². The van der Waals surface area contributed by atoms with Crippen molar-refractivity contribution in [2.45, 2.75) is 18.7 Å². The molecule has 0 radical (unpaired) electrons. The number of aryl methyl sites for hydroxylation is 2. The molecule has 0 fully saturated rings. The normalized spacial score (nSPS) is 11.7. The predicted octanol–water partition coefficient (Wildman–Crippen LogP) is 2.82. The molecule has 2 aromatic carbocycles. The number of hydrogen-bond acceptors (Lipinski definition) is 6. The quantitative estimate of drug-likeness (QED) is 0.444. The maximum atomic E-state index is 12.6. The van der Waals surface area contributed by atoms with Gasteiger partial charge in [-0.15, -0.1) is 0 Å². The average molecular weight is 423 g/mol. The van der Waals surface area contributed by atoms with E-state index in [9.17, 15) is 8.42 Å². The van der Waals surface area contributed by atoms with Crippen LogP contribution in [0.4, 0.5) is 5.82 Å². The maximum Gasteiger partial charge on any atom is 0.240 e. The van der Waals surface area contributed by atoms with Crippen LogP contribution in [0, 0.1) is 13.8 Å². The monoisotopic (exact) mass is 422 g/mol. The van der Waals surface area contributed by atoms with Crippen molar-refractivity contribution in [2.75, 3.05) is 18.4 Å². The zero-order valence-electron chi connectivity index (χ0n) is 16.7. The molecule has 9 heteroatoms. The van der Waals surface area contributed by atoms with E-state index < -0.39 is 10.0 Å². The zero-order valence-corrected chi connectivity index (χ0v) is 17.5. The second kappa shape index (κ2) is 8.21. The van der Waals surface area contributed by atoms with Crippen LogP contribution >= 0.6 is 0 Å². The van der Waals surface area contributed by atoms with Gasteiger partial charge in [-0.1, -0.05) is 30.3 Å². The molecular formula is C21H22N6O2S. The lowest BCUT2D eigenvalue weighted by atomic mass is 10.1. The number of aromatic nitrogens is 4. The van der Waals surface area contributed by atoms with Crippen LogP contribution in [0.5, 0.6) is 0 Å². The molecule has 2 aromatic heterocycles. The van der Waals surface area contributed by atoms with Crippen molar-refractivity contribution in [3.63, 3.8) is 0 Å². The molecule has 4 aromatic rings. The highest BCUT2D eigenvalue weighted by molar-refractivity contribution is 7.89. The molecule has 0 aliphatic heterocycles. The van der Waals surface area contributed by atoms with E-state index in [2.05, 4.69) is 25.0 Å². The Balaban J connectivity index is 1.41. The smallest absolute Gasteiger partial charge is 0.240 e. The van der Waals surface area contributed by atoms with Crippen LogP contribution in [0.1, 0.15) is 11.6 Å². The van der Waals surface area contributed by atoms with Gasteiger partial charge in [-0.3, -0.25) is 4.57 Å². The fraction of sp³-hybridized carbons (Fsp3) is 0.190. The molecule has 2 heterocycles. The van der Waals surface area contributed by atoms with Gasteiger partial charge in [-0.05, 0) is 36.8 Å². The molecule has 0 saturated carbocycles. The first kappa shape index (κ1) is 20.0. The van der Waals surface area contributed by atoms with Gasteiger partial charge in [0.25, 0.3) is 0 Å². The number of fused-ring (bicyclic) bond motifs is 1. The highest BCUT2D eigenvalue weighted by Gasteiger charge is 2.14. The molecule has 0 unspecified atom stereocenters. The van der Waals surface area contributed by atoms with E-state index in [1.165, 1.54) is 0 Å². The topological polar surface area (TPSA) is 102 Å². The minimum absolute atomic E-state index is 0.220. The van der Waals surface area contributed by atoms with Gasteiger partial charge in [-0.2, -0.15) is 0 Å². The number of anilines is 1. The van der Waals surface area contributed by atoms with Gasteiger partial charge in [0.2, 0.25) is 10.0 Å². The van der Waals surface area contributed by atoms with Gasteiger partial charge in [0.05, 0.1) is 4.90 Å². The molecule has 2 N–H and O–H groups in total. The van der Waals surface area contributed by atoms with Crippen molar-refractivity contribution >= 4 is 26.6 Å². The minimum Gasteiger partial charge on any atom is -0.369 e. The summed E-state index contributed by atoms with van der Waals surface area (Å²) in [5.74, 6) is 2.76. The molecule has 0 atom stereocenters. The fourth-order valence-corrected chi connectivity index (χ4v) is 4.25. The summed E-state index contributed by atoms with van der Waals surface area (Å²) in [4.78, 5) is 13.3. The molecule has 8 nitrogen and oxygen atoms in total. The Morgan fingerprint density at radius 3 is 2.53 bits per heavy atom. The van der Waals surface area contributed by atoms with Crippen molar-refractivity contribution in [1.29, 1.82) is 0 Å². The van der Waals surface area contributed by atoms with Crippen LogP contribution in [0.2, 0.25) is 0 Å². The number of benzene rings is 2. The summed E-state index contributed by atoms with van der Waals surface area (Å²) in [5, 5.41) is 5.04. The summed E-state index contributed by atoms with van der Waals surface area (Å²) in [6, 6.07) is 14.6. The summed E-state index contributed by atoms with van der Waals surface area (Å²) >= 11 is 0. The summed E-state index contributed by atoms with van der Waals surface area (Å²) in [6.45, 7) is 4.30. The molecule has 0 amide bonds. The fourth-order valence-electron chi connectivity index (χ4n) is 3.18. The van der Waals surface area contributed by atoms with E-state index in [0.29, 0.717) is 24.0 Å². The molecule has 0 saturated heterocycles. The van der Waals surface area contributed by atoms with Crippen LogP contribution in [0.3, 0.4) is 0 Å². The number of imidazole rings is 1. The Morgan fingerprint density at radius 2 is 1.77 bits per heavy atom. The largest absolute Gasteiger partial charge is 0.369 e. The van der Waals surface area contributed by atoms with Crippen LogP contribution < -0.4 is 10.0 Å². The highest BCUT2D eigenvalue weighted by Crippen LogP contribution is 2.18. The maximum absolute atomic E-state index is 12.6. The number of rotatable bonds is 7. The van der Waals surface area contributed by atoms with E-state index in [-0.39, 0.29) is 11.4 Å². The molecule has 154 valence electrons. The summed E-state index contributed by atoms with van der Waals surface area (Å²) in [5.41, 5.74) is 0. The third-order valence-corrected chi connectivity index (χ3v) is 6.11. The van der Waals surface area contributed by atoms with E-state index in [0.717, 1.165) is 16.6 Å². The van der Waals surface area contributed by atoms with Crippen molar-refractivity contribution in [1.82, 2.24) is 24.2 Å². The number of nitrogens with zero attached hydrogens (tertiary/aromatic N) is 4. The van der Waals surface area contributed by atoms with Gasteiger partial charge in [0.1, 0.15) is 23.3 Å². The Hall–Kier alpha value is -3.30. The van der Waals surface area contributed by atoms with Gasteiger partial charge < -0.3 is 5.32 Å². The third kappa shape index (κ3) is 4.32. The first-order valence-electron chi connectivity index (χ1n) is 9.51. The highest BCUT2D eigenvalue weighted by atomic mass is 32.2. The first-order chi connectivity index (χ1) is 14.4. The Kier molecular flexibility index (Phi) is 5.47. The van der Waals surface area contributed by atoms with Crippen molar-refractivity contribution in [2.24, 2.45) is 0 Å². The molecule has 4 rings (SSSR count). The van der Waals surface area contributed by atoms with Gasteiger partial charge in [0.15, 0.2) is 0 Å². The Bertz CT molecular complexity index is 1300. The molecule has 0 aliphatic carbocycles. The lowest BCUT2D eigenvalue weighted by Gasteiger charge is -2.11. The number of nitrogens with one attached hydrogen (secondary N) is 2. The lowest BCUT2D eigenvalue weighted by molar-refractivity contribution is 0.583. The van der Waals surface area contributed by atoms with Gasteiger partial charge >= 0.3 is 0 Å². The van der Waals surface area contributed by atoms with Crippen molar-refractivity contribution in [3.8, 4) is 5.82 Å². The zero-order chi connectivity index (χ0) is 21.1. The van der Waals surface area contributed by atoms with E-state index in [1.807, 2.05) is 54.9 Å². The second-order valence-electron chi connectivity index (χ2n) is 6.84. The average Bonchev–Trinajstić information content (AvgIpc) is 3.16. The first-order valence-corrected chi connectivity index (χ1v) is 11.0. The van der Waals surface area contributed by atoms with Crippen LogP contribution in [-0.4, -0.2) is 41.0 Å². The summed E-state index contributed by atoms with van der Waals surface area (Å²) < 4.78 is 29.7. The number of sulfonamides is 1. The van der Waals surface area contributed by atoms with Gasteiger partial charge in [0, 0.05) is 31.5 Å². The van der Waals surface area contributed by atoms with Crippen LogP contribution in [0.15, 0.2) is 65.8 Å². The predicted molar refractivity (Wildman–Crippen MR) is 116 cm³/mol. The number of hydrogen-bond donors (Lipinski definition) is 2.